The number of para-hydroxylation sites is 1. The van der Waals surface area contributed by atoms with Crippen LogP contribution in [0.25, 0.3) is 0 Å². The number of methoxy groups -OCH3 is 1. The van der Waals surface area contributed by atoms with Crippen molar-refractivity contribution in [3.05, 3.63) is 29.6 Å². The van der Waals surface area contributed by atoms with Crippen molar-refractivity contribution in [2.45, 2.75) is 12.8 Å². The summed E-state index contributed by atoms with van der Waals surface area (Å²) in [7, 11) is 1.08. The van der Waals surface area contributed by atoms with Crippen LogP contribution in [0.1, 0.15) is 5.56 Å². The van der Waals surface area contributed by atoms with Crippen molar-refractivity contribution in [2.75, 3.05) is 7.11 Å². The lowest BCUT2D eigenvalue weighted by molar-refractivity contribution is -0.275. The minimum atomic E-state index is -5.02. The predicted octanol–water partition coefficient (Wildman–Crippen LogP) is 2.44. The Morgan fingerprint density at radius 3 is 2.53 bits per heavy atom. The van der Waals surface area contributed by atoms with Crippen LogP contribution >= 0.6 is 0 Å². The fourth-order valence-corrected chi connectivity index (χ4v) is 1.15. The molecule has 0 fully saturated rings. The molecule has 0 saturated carbocycles. The van der Waals surface area contributed by atoms with Crippen molar-refractivity contribution >= 4 is 5.97 Å². The Bertz CT molecular complexity index is 415. The fraction of sp³-hybridized carbons (Fsp3) is 0.300. The van der Waals surface area contributed by atoms with Gasteiger partial charge in [0, 0.05) is 5.56 Å². The number of hydrogen-bond acceptors (Lipinski definition) is 3. The van der Waals surface area contributed by atoms with E-state index < -0.39 is 30.3 Å². The average molecular weight is 252 g/mol. The average Bonchev–Trinajstić information content (AvgIpc) is 2.21. The molecule has 0 spiro atoms. The molecule has 3 nitrogen and oxygen atoms in total. The van der Waals surface area contributed by atoms with E-state index in [1.165, 1.54) is 6.07 Å². The molecule has 0 unspecified atom stereocenters. The van der Waals surface area contributed by atoms with E-state index in [0.717, 1.165) is 19.2 Å². The largest absolute Gasteiger partial charge is 0.573 e. The zero-order valence-electron chi connectivity index (χ0n) is 8.68. The highest BCUT2D eigenvalue weighted by Crippen LogP contribution is 2.29. The van der Waals surface area contributed by atoms with Gasteiger partial charge in [-0.25, -0.2) is 4.39 Å². The summed E-state index contributed by atoms with van der Waals surface area (Å²) in [6.45, 7) is 0. The van der Waals surface area contributed by atoms with Gasteiger partial charge in [0.1, 0.15) is 0 Å². The van der Waals surface area contributed by atoms with Gasteiger partial charge in [-0.3, -0.25) is 4.79 Å². The van der Waals surface area contributed by atoms with Crippen LogP contribution in [0.15, 0.2) is 18.2 Å². The van der Waals surface area contributed by atoms with E-state index in [4.69, 9.17) is 0 Å². The maximum atomic E-state index is 13.2. The Morgan fingerprint density at radius 1 is 1.35 bits per heavy atom. The summed E-state index contributed by atoms with van der Waals surface area (Å²) >= 11 is 0. The molecule has 0 radical (unpaired) electrons. The molecule has 0 saturated heterocycles. The highest BCUT2D eigenvalue weighted by molar-refractivity contribution is 5.73. The standard InChI is InChI=1S/C10H8F4O3/c1-16-8(15)5-6-3-2-4-7(11)9(6)17-10(12,13)14/h2-4H,5H2,1H3. The molecular formula is C10H8F4O3. The molecule has 0 aliphatic heterocycles. The summed E-state index contributed by atoms with van der Waals surface area (Å²) in [5.74, 6) is -2.99. The van der Waals surface area contributed by atoms with Crippen molar-refractivity contribution in [3.8, 4) is 5.75 Å². The van der Waals surface area contributed by atoms with E-state index >= 15 is 0 Å². The number of ether oxygens (including phenoxy) is 2. The Labute approximate surface area is 93.9 Å². The molecule has 0 aliphatic rings. The molecule has 0 heterocycles. The smallest absolute Gasteiger partial charge is 0.469 e. The van der Waals surface area contributed by atoms with Gasteiger partial charge < -0.3 is 9.47 Å². The van der Waals surface area contributed by atoms with Crippen LogP contribution in [0, 0.1) is 5.82 Å². The molecule has 0 aliphatic carbocycles. The van der Waals surface area contributed by atoms with Crippen LogP contribution in [-0.2, 0) is 16.0 Å². The lowest BCUT2D eigenvalue weighted by Crippen LogP contribution is -2.19. The van der Waals surface area contributed by atoms with E-state index in [1.807, 2.05) is 0 Å². The highest BCUT2D eigenvalue weighted by atomic mass is 19.4. The van der Waals surface area contributed by atoms with E-state index in [1.54, 1.807) is 0 Å². The normalized spacial score (nSPS) is 11.1. The van der Waals surface area contributed by atoms with Gasteiger partial charge in [0.05, 0.1) is 13.5 Å². The topological polar surface area (TPSA) is 35.5 Å². The SMILES string of the molecule is COC(=O)Cc1cccc(F)c1OC(F)(F)F. The Balaban J connectivity index is 3.04. The summed E-state index contributed by atoms with van der Waals surface area (Å²) < 4.78 is 57.0. The molecule has 1 aromatic carbocycles. The second kappa shape index (κ2) is 5.03. The molecule has 0 amide bonds. The fourth-order valence-electron chi connectivity index (χ4n) is 1.15. The van der Waals surface area contributed by atoms with Gasteiger partial charge in [0.2, 0.25) is 0 Å². The van der Waals surface area contributed by atoms with Gasteiger partial charge in [-0.1, -0.05) is 12.1 Å². The number of benzene rings is 1. The number of halogens is 4. The summed E-state index contributed by atoms with van der Waals surface area (Å²) in [5.41, 5.74) is -0.228. The maximum absolute atomic E-state index is 13.2. The second-order valence-corrected chi connectivity index (χ2v) is 3.03. The highest BCUT2D eigenvalue weighted by Gasteiger charge is 2.33. The zero-order chi connectivity index (χ0) is 13.1. The Hall–Kier alpha value is -1.79. The first-order chi connectivity index (χ1) is 7.83. The molecule has 17 heavy (non-hydrogen) atoms. The minimum Gasteiger partial charge on any atom is -0.469 e. The van der Waals surface area contributed by atoms with Gasteiger partial charge >= 0.3 is 12.3 Å². The molecule has 1 aromatic rings. The third-order valence-electron chi connectivity index (χ3n) is 1.83. The lowest BCUT2D eigenvalue weighted by Gasteiger charge is -2.13. The summed E-state index contributed by atoms with van der Waals surface area (Å²) in [5, 5.41) is 0. The molecule has 7 heteroatoms. The lowest BCUT2D eigenvalue weighted by atomic mass is 10.1. The molecule has 0 bridgehead atoms. The van der Waals surface area contributed by atoms with Crippen LogP contribution in [0.2, 0.25) is 0 Å². The predicted molar refractivity (Wildman–Crippen MR) is 48.8 cm³/mol. The van der Waals surface area contributed by atoms with Crippen LogP contribution in [0.4, 0.5) is 17.6 Å². The van der Waals surface area contributed by atoms with E-state index in [0.29, 0.717) is 0 Å². The van der Waals surface area contributed by atoms with E-state index in [9.17, 15) is 22.4 Å². The molecule has 0 aromatic heterocycles. The summed E-state index contributed by atoms with van der Waals surface area (Å²) in [6.07, 6.45) is -5.52. The maximum Gasteiger partial charge on any atom is 0.573 e. The monoisotopic (exact) mass is 252 g/mol. The quantitative estimate of drug-likeness (QED) is 0.612. The number of carbonyl (C=O) groups is 1. The third kappa shape index (κ3) is 3.93. The van der Waals surface area contributed by atoms with Gasteiger partial charge in [0.25, 0.3) is 0 Å². The first-order valence-electron chi connectivity index (χ1n) is 4.43. The number of hydrogen-bond donors (Lipinski definition) is 0. The van der Waals surface area contributed by atoms with Gasteiger partial charge in [0.15, 0.2) is 11.6 Å². The van der Waals surface area contributed by atoms with E-state index in [2.05, 4.69) is 9.47 Å². The van der Waals surface area contributed by atoms with Crippen molar-refractivity contribution in [3.63, 3.8) is 0 Å². The summed E-state index contributed by atoms with van der Waals surface area (Å²) in [4.78, 5) is 10.9. The van der Waals surface area contributed by atoms with Crippen LogP contribution < -0.4 is 4.74 Å². The summed E-state index contributed by atoms with van der Waals surface area (Å²) in [6, 6.07) is 3.14. The molecule has 94 valence electrons. The van der Waals surface area contributed by atoms with Crippen molar-refractivity contribution in [1.82, 2.24) is 0 Å². The molecule has 1 rings (SSSR count). The van der Waals surface area contributed by atoms with E-state index in [-0.39, 0.29) is 5.56 Å². The van der Waals surface area contributed by atoms with Crippen LogP contribution in [0.3, 0.4) is 0 Å². The third-order valence-corrected chi connectivity index (χ3v) is 1.83. The number of carbonyl (C=O) groups excluding carboxylic acids is 1. The van der Waals surface area contributed by atoms with Gasteiger partial charge in [-0.2, -0.15) is 0 Å². The molecule has 0 atom stereocenters. The Kier molecular flexibility index (Phi) is 3.93. The van der Waals surface area contributed by atoms with Crippen molar-refractivity contribution in [2.24, 2.45) is 0 Å². The molecule has 0 N–H and O–H groups in total. The minimum absolute atomic E-state index is 0.228. The first-order valence-corrected chi connectivity index (χ1v) is 4.43. The van der Waals surface area contributed by atoms with Crippen LogP contribution in [-0.4, -0.2) is 19.4 Å². The first kappa shape index (κ1) is 13.3. The molecular weight excluding hydrogens is 244 g/mol. The number of esters is 1. The Morgan fingerprint density at radius 2 is 2.00 bits per heavy atom. The van der Waals surface area contributed by atoms with Crippen molar-refractivity contribution < 1.29 is 31.8 Å². The number of rotatable bonds is 3. The van der Waals surface area contributed by atoms with Crippen LogP contribution in [0.5, 0.6) is 5.75 Å². The van der Waals surface area contributed by atoms with Gasteiger partial charge in [-0.05, 0) is 6.07 Å². The number of alkyl halides is 3. The van der Waals surface area contributed by atoms with Crippen molar-refractivity contribution in [1.29, 1.82) is 0 Å². The zero-order valence-corrected chi connectivity index (χ0v) is 8.68. The van der Waals surface area contributed by atoms with Gasteiger partial charge in [-0.15, -0.1) is 13.2 Å². The second-order valence-electron chi connectivity index (χ2n) is 3.03.